The Hall–Kier alpha value is -1.04. The van der Waals surface area contributed by atoms with Gasteiger partial charge in [0.2, 0.25) is 0 Å². The third-order valence-corrected chi connectivity index (χ3v) is 5.09. The molecule has 1 aromatic carbocycles. The molecular weight excluding hydrogens is 276 g/mol. The number of ether oxygens (including phenoxy) is 2. The second-order valence-electron chi connectivity index (χ2n) is 4.84. The summed E-state index contributed by atoms with van der Waals surface area (Å²) < 4.78 is 23.7. The van der Waals surface area contributed by atoms with Crippen LogP contribution in [0.1, 0.15) is 18.9 Å². The average molecular weight is 296 g/mol. The summed E-state index contributed by atoms with van der Waals surface area (Å²) in [6.07, 6.45) is -0.0689. The van der Waals surface area contributed by atoms with Crippen LogP contribution in [0, 0.1) is 6.92 Å². The first-order valence-electron chi connectivity index (χ1n) is 6.82. The highest BCUT2D eigenvalue weighted by molar-refractivity contribution is 7.86. The molecule has 0 spiro atoms. The minimum Gasteiger partial charge on any atom is -0.376 e. The molecule has 110 valence electrons. The second-order valence-corrected chi connectivity index (χ2v) is 6.41. The van der Waals surface area contributed by atoms with Crippen LogP contribution >= 0.6 is 0 Å². The Morgan fingerprint density at radius 3 is 2.60 bits per heavy atom. The van der Waals surface area contributed by atoms with Crippen molar-refractivity contribution in [1.29, 1.82) is 0 Å². The third-order valence-electron chi connectivity index (χ3n) is 3.33. The first-order chi connectivity index (χ1) is 9.63. The number of Topliss-reactive ketones (excluding diaryl/α,β-unsaturated/α-hetero) is 1. The first kappa shape index (κ1) is 15.4. The van der Waals surface area contributed by atoms with Gasteiger partial charge in [0.1, 0.15) is 11.4 Å². The van der Waals surface area contributed by atoms with Crippen LogP contribution in [0.4, 0.5) is 0 Å². The lowest BCUT2D eigenvalue weighted by Gasteiger charge is -2.28. The van der Waals surface area contributed by atoms with E-state index >= 15 is 0 Å². The summed E-state index contributed by atoms with van der Waals surface area (Å²) in [5.74, 6) is -0.0422. The molecule has 20 heavy (non-hydrogen) atoms. The molecule has 1 aliphatic rings. The van der Waals surface area contributed by atoms with Gasteiger partial charge >= 0.3 is 0 Å². The monoisotopic (exact) mass is 296 g/mol. The highest BCUT2D eigenvalue weighted by Gasteiger charge is 2.35. The fraction of sp³-hybridized carbons (Fsp3) is 0.533. The van der Waals surface area contributed by atoms with Crippen LogP contribution in [0.5, 0.6) is 0 Å². The number of ketones is 1. The van der Waals surface area contributed by atoms with Gasteiger partial charge in [0.05, 0.1) is 30.6 Å². The lowest BCUT2D eigenvalue weighted by molar-refractivity contribution is -0.127. The quantitative estimate of drug-likeness (QED) is 0.832. The van der Waals surface area contributed by atoms with Crippen molar-refractivity contribution in [3.8, 4) is 0 Å². The van der Waals surface area contributed by atoms with E-state index in [2.05, 4.69) is 0 Å². The van der Waals surface area contributed by atoms with Gasteiger partial charge in [-0.3, -0.25) is 9.00 Å². The van der Waals surface area contributed by atoms with Gasteiger partial charge in [0.25, 0.3) is 0 Å². The molecule has 0 saturated carbocycles. The molecule has 0 N–H and O–H groups in total. The fourth-order valence-electron chi connectivity index (χ4n) is 2.17. The van der Waals surface area contributed by atoms with Crippen molar-refractivity contribution in [1.82, 2.24) is 0 Å². The number of carbonyl (C=O) groups is 1. The molecule has 1 fully saturated rings. The Bertz CT molecular complexity index is 477. The van der Waals surface area contributed by atoms with Gasteiger partial charge in [-0.05, 0) is 19.1 Å². The average Bonchev–Trinajstić information content (AvgIpc) is 2.49. The van der Waals surface area contributed by atoms with Gasteiger partial charge in [-0.15, -0.1) is 0 Å². The first-order valence-corrected chi connectivity index (χ1v) is 8.04. The number of aryl methyl sites for hydroxylation is 1. The van der Waals surface area contributed by atoms with E-state index in [0.29, 0.717) is 31.1 Å². The van der Waals surface area contributed by atoms with E-state index in [1.165, 1.54) is 0 Å². The Kier molecular flexibility index (Phi) is 5.46. The van der Waals surface area contributed by atoms with E-state index in [0.717, 1.165) is 5.56 Å². The molecule has 2 rings (SSSR count). The van der Waals surface area contributed by atoms with Crippen molar-refractivity contribution in [2.24, 2.45) is 0 Å². The highest BCUT2D eigenvalue weighted by atomic mass is 32.2. The summed E-state index contributed by atoms with van der Waals surface area (Å²) in [6.45, 7) is 5.06. The number of benzene rings is 1. The SMILES string of the molecule is CCC(=O)C(C1COCCO1)S(=O)c1ccc(C)cc1. The maximum Gasteiger partial charge on any atom is 0.151 e. The number of hydrogen-bond acceptors (Lipinski definition) is 4. The predicted octanol–water partition coefficient (Wildman–Crippen LogP) is 1.87. The highest BCUT2D eigenvalue weighted by Crippen LogP contribution is 2.20. The summed E-state index contributed by atoms with van der Waals surface area (Å²) in [7, 11) is -1.41. The number of carbonyl (C=O) groups excluding carboxylic acids is 1. The normalized spacial score (nSPS) is 22.2. The maximum atomic E-state index is 12.7. The third kappa shape index (κ3) is 3.53. The molecule has 3 atom stereocenters. The van der Waals surface area contributed by atoms with Crippen molar-refractivity contribution >= 4 is 16.6 Å². The zero-order valence-corrected chi connectivity index (χ0v) is 12.7. The molecule has 3 unspecified atom stereocenters. The van der Waals surface area contributed by atoms with Crippen LogP contribution in [-0.2, 0) is 25.1 Å². The van der Waals surface area contributed by atoms with Crippen LogP contribution in [0.25, 0.3) is 0 Å². The Morgan fingerprint density at radius 2 is 2.05 bits per heavy atom. The van der Waals surface area contributed by atoms with Crippen molar-refractivity contribution in [3.63, 3.8) is 0 Å². The van der Waals surface area contributed by atoms with Gasteiger partial charge in [0.15, 0.2) is 5.78 Å². The summed E-state index contributed by atoms with van der Waals surface area (Å²) in [5.41, 5.74) is 1.10. The van der Waals surface area contributed by atoms with E-state index in [9.17, 15) is 9.00 Å². The van der Waals surface area contributed by atoms with Gasteiger partial charge in [-0.25, -0.2) is 0 Å². The van der Waals surface area contributed by atoms with Crippen LogP contribution < -0.4 is 0 Å². The zero-order chi connectivity index (χ0) is 14.5. The van der Waals surface area contributed by atoms with Gasteiger partial charge < -0.3 is 9.47 Å². The van der Waals surface area contributed by atoms with Crippen LogP contribution in [0.15, 0.2) is 29.2 Å². The lowest BCUT2D eigenvalue weighted by atomic mass is 10.1. The molecule has 5 heteroatoms. The zero-order valence-electron chi connectivity index (χ0n) is 11.8. The molecule has 1 aliphatic heterocycles. The van der Waals surface area contributed by atoms with E-state index in [-0.39, 0.29) is 5.78 Å². The topological polar surface area (TPSA) is 52.6 Å². The molecule has 0 radical (unpaired) electrons. The van der Waals surface area contributed by atoms with Gasteiger partial charge in [0, 0.05) is 11.3 Å². The minimum atomic E-state index is -1.41. The molecular formula is C15H20O4S. The van der Waals surface area contributed by atoms with E-state index in [1.54, 1.807) is 6.92 Å². The smallest absolute Gasteiger partial charge is 0.151 e. The fourth-order valence-corrected chi connectivity index (χ4v) is 3.70. The van der Waals surface area contributed by atoms with Gasteiger partial charge in [-0.1, -0.05) is 24.6 Å². The maximum absolute atomic E-state index is 12.7. The standard InChI is InChI=1S/C15H20O4S/c1-3-13(16)15(14-10-18-8-9-19-14)20(17)12-6-4-11(2)5-7-12/h4-7,14-15H,3,8-10H2,1-2H3. The summed E-state index contributed by atoms with van der Waals surface area (Å²) in [6, 6.07) is 7.42. The summed E-state index contributed by atoms with van der Waals surface area (Å²) >= 11 is 0. The Labute approximate surface area is 121 Å². The van der Waals surface area contributed by atoms with Crippen molar-refractivity contribution < 1.29 is 18.5 Å². The van der Waals surface area contributed by atoms with E-state index in [4.69, 9.17) is 9.47 Å². The Balaban J connectivity index is 2.23. The molecule has 1 heterocycles. The van der Waals surface area contributed by atoms with Crippen molar-refractivity contribution in [3.05, 3.63) is 29.8 Å². The molecule has 0 bridgehead atoms. The van der Waals surface area contributed by atoms with E-state index < -0.39 is 22.2 Å². The predicted molar refractivity (Wildman–Crippen MR) is 77.2 cm³/mol. The summed E-state index contributed by atoms with van der Waals surface area (Å²) in [4.78, 5) is 12.8. The van der Waals surface area contributed by atoms with Crippen molar-refractivity contribution in [2.75, 3.05) is 19.8 Å². The lowest BCUT2D eigenvalue weighted by Crippen LogP contribution is -2.45. The molecule has 1 aromatic rings. The largest absolute Gasteiger partial charge is 0.376 e. The minimum absolute atomic E-state index is 0.0422. The van der Waals surface area contributed by atoms with Crippen LogP contribution in [0.3, 0.4) is 0 Å². The number of hydrogen-bond donors (Lipinski definition) is 0. The van der Waals surface area contributed by atoms with E-state index in [1.807, 2.05) is 31.2 Å². The van der Waals surface area contributed by atoms with Gasteiger partial charge in [-0.2, -0.15) is 0 Å². The molecule has 4 nitrogen and oxygen atoms in total. The molecule has 0 aromatic heterocycles. The molecule has 0 aliphatic carbocycles. The number of rotatable bonds is 5. The van der Waals surface area contributed by atoms with Crippen LogP contribution in [-0.4, -0.2) is 41.2 Å². The molecule has 1 saturated heterocycles. The summed E-state index contributed by atoms with van der Waals surface area (Å²) in [5, 5.41) is -0.650. The molecule has 0 amide bonds. The Morgan fingerprint density at radius 1 is 1.35 bits per heavy atom. The second kappa shape index (κ2) is 7.11. The van der Waals surface area contributed by atoms with Crippen LogP contribution in [0.2, 0.25) is 0 Å². The van der Waals surface area contributed by atoms with Crippen molar-refractivity contribution in [2.45, 2.75) is 36.5 Å².